The van der Waals surface area contributed by atoms with Gasteiger partial charge in [0, 0.05) is 5.56 Å². The lowest BCUT2D eigenvalue weighted by Gasteiger charge is -2.11. The molecule has 0 atom stereocenters. The summed E-state index contributed by atoms with van der Waals surface area (Å²) in [6, 6.07) is 10.8. The van der Waals surface area contributed by atoms with E-state index in [4.69, 9.17) is 4.74 Å². The molecule has 6 nitrogen and oxygen atoms in total. The molecule has 0 saturated heterocycles. The van der Waals surface area contributed by atoms with Gasteiger partial charge in [-0.05, 0) is 36.4 Å². The summed E-state index contributed by atoms with van der Waals surface area (Å²) < 4.78 is 44.3. The van der Waals surface area contributed by atoms with Gasteiger partial charge in [0.15, 0.2) is 5.78 Å². The molecule has 1 amide bonds. The Morgan fingerprint density at radius 3 is 2.30 bits per heavy atom. The highest BCUT2D eigenvalue weighted by Gasteiger charge is 2.37. The Morgan fingerprint density at radius 2 is 1.74 bits per heavy atom. The highest BCUT2D eigenvalue weighted by molar-refractivity contribution is 6.11. The molecule has 0 spiro atoms. The standard InChI is InChI=1S/C18H15F3N2O4/c1-27-12-8-6-11(7-9-12)15(25)10-16(18(19,20)21)22-23-17(26)13-4-2-3-5-14(13)24/h2-9,24H,10H2,1H3,(H,23,26)/b22-16+. The number of hydrazone groups is 1. The molecule has 2 aromatic carbocycles. The van der Waals surface area contributed by atoms with E-state index in [1.165, 1.54) is 55.6 Å². The van der Waals surface area contributed by atoms with Crippen LogP contribution in [0.1, 0.15) is 27.1 Å². The maximum atomic E-state index is 13.1. The van der Waals surface area contributed by atoms with Gasteiger partial charge in [0.05, 0.1) is 19.1 Å². The third-order valence-electron chi connectivity index (χ3n) is 3.51. The second kappa shape index (κ2) is 8.35. The van der Waals surface area contributed by atoms with Crippen molar-refractivity contribution in [3.63, 3.8) is 0 Å². The van der Waals surface area contributed by atoms with Crippen LogP contribution in [0, 0.1) is 0 Å². The number of Topliss-reactive ketones (excluding diaryl/α,β-unsaturated/α-hetero) is 1. The number of amides is 1. The van der Waals surface area contributed by atoms with Crippen LogP contribution in [0.25, 0.3) is 0 Å². The first-order chi connectivity index (χ1) is 12.7. The monoisotopic (exact) mass is 380 g/mol. The number of carbonyl (C=O) groups is 2. The Bertz CT molecular complexity index is 862. The lowest BCUT2D eigenvalue weighted by molar-refractivity contribution is -0.0605. The summed E-state index contributed by atoms with van der Waals surface area (Å²) in [7, 11) is 1.42. The zero-order valence-electron chi connectivity index (χ0n) is 14.1. The zero-order valence-corrected chi connectivity index (χ0v) is 14.1. The quantitative estimate of drug-likeness (QED) is 0.457. The van der Waals surface area contributed by atoms with E-state index >= 15 is 0 Å². The summed E-state index contributed by atoms with van der Waals surface area (Å²) >= 11 is 0. The van der Waals surface area contributed by atoms with Crippen LogP contribution in [0.5, 0.6) is 11.5 Å². The van der Waals surface area contributed by atoms with E-state index < -0.39 is 35.7 Å². The number of ketones is 1. The van der Waals surface area contributed by atoms with E-state index in [-0.39, 0.29) is 11.1 Å². The summed E-state index contributed by atoms with van der Waals surface area (Å²) in [5.41, 5.74) is 0.0480. The van der Waals surface area contributed by atoms with Gasteiger partial charge >= 0.3 is 6.18 Å². The van der Waals surface area contributed by atoms with Gasteiger partial charge in [-0.3, -0.25) is 9.59 Å². The van der Waals surface area contributed by atoms with E-state index in [0.717, 1.165) is 0 Å². The zero-order chi connectivity index (χ0) is 20.0. The smallest absolute Gasteiger partial charge is 0.431 e. The van der Waals surface area contributed by atoms with E-state index in [1.807, 2.05) is 0 Å². The predicted molar refractivity (Wildman–Crippen MR) is 91.0 cm³/mol. The van der Waals surface area contributed by atoms with Crippen LogP contribution in [0.2, 0.25) is 0 Å². The van der Waals surface area contributed by atoms with Crippen molar-refractivity contribution in [1.82, 2.24) is 5.43 Å². The molecule has 2 N–H and O–H groups in total. The fourth-order valence-corrected chi connectivity index (χ4v) is 2.08. The molecular weight excluding hydrogens is 365 g/mol. The number of nitrogens with zero attached hydrogens (tertiary/aromatic N) is 1. The Morgan fingerprint density at radius 1 is 1.11 bits per heavy atom. The number of halogens is 3. The number of rotatable bonds is 6. The summed E-state index contributed by atoms with van der Waals surface area (Å²) in [5.74, 6) is -1.82. The topological polar surface area (TPSA) is 88.0 Å². The SMILES string of the molecule is COc1ccc(C(=O)C/C(=N\NC(=O)c2ccccc2O)C(F)(F)F)cc1. The first kappa shape index (κ1) is 20.0. The highest BCUT2D eigenvalue weighted by atomic mass is 19.4. The molecule has 0 aliphatic heterocycles. The fourth-order valence-electron chi connectivity index (χ4n) is 2.08. The number of para-hydroxylation sites is 1. The third kappa shape index (κ3) is 5.30. The van der Waals surface area contributed by atoms with Crippen LogP contribution in [0.4, 0.5) is 13.2 Å². The number of phenols is 1. The van der Waals surface area contributed by atoms with Crippen LogP contribution in [-0.4, -0.2) is 35.8 Å². The van der Waals surface area contributed by atoms with Crippen LogP contribution >= 0.6 is 0 Å². The molecule has 27 heavy (non-hydrogen) atoms. The number of aromatic hydroxyl groups is 1. The second-order valence-electron chi connectivity index (χ2n) is 5.34. The Kier molecular flexibility index (Phi) is 6.17. The summed E-state index contributed by atoms with van der Waals surface area (Å²) in [6.45, 7) is 0. The van der Waals surface area contributed by atoms with Gasteiger partial charge in [0.25, 0.3) is 5.91 Å². The molecule has 0 bridgehead atoms. The molecular formula is C18H15F3N2O4. The molecule has 2 aromatic rings. The van der Waals surface area contributed by atoms with Crippen molar-refractivity contribution >= 4 is 17.4 Å². The van der Waals surface area contributed by atoms with Crippen LogP contribution < -0.4 is 10.2 Å². The summed E-state index contributed by atoms with van der Waals surface area (Å²) in [5, 5.41) is 12.6. The minimum absolute atomic E-state index is 0.0415. The van der Waals surface area contributed by atoms with Crippen molar-refractivity contribution in [2.45, 2.75) is 12.6 Å². The highest BCUT2D eigenvalue weighted by Crippen LogP contribution is 2.22. The number of alkyl halides is 3. The van der Waals surface area contributed by atoms with Gasteiger partial charge in [0.1, 0.15) is 17.2 Å². The van der Waals surface area contributed by atoms with Crippen molar-refractivity contribution in [2.24, 2.45) is 5.10 Å². The molecule has 2 rings (SSSR count). The number of phenolic OH excluding ortho intramolecular Hbond substituents is 1. The molecule has 9 heteroatoms. The first-order valence-corrected chi connectivity index (χ1v) is 7.61. The lowest BCUT2D eigenvalue weighted by atomic mass is 10.1. The van der Waals surface area contributed by atoms with Gasteiger partial charge in [-0.2, -0.15) is 18.3 Å². The summed E-state index contributed by atoms with van der Waals surface area (Å²) in [4.78, 5) is 24.0. The number of methoxy groups -OCH3 is 1. The Balaban J connectivity index is 2.17. The number of hydrogen-bond donors (Lipinski definition) is 2. The van der Waals surface area contributed by atoms with Crippen LogP contribution in [-0.2, 0) is 0 Å². The molecule has 0 radical (unpaired) electrons. The summed E-state index contributed by atoms with van der Waals surface area (Å²) in [6.07, 6.45) is -5.98. The van der Waals surface area contributed by atoms with E-state index in [9.17, 15) is 27.9 Å². The predicted octanol–water partition coefficient (Wildman–Crippen LogP) is 3.32. The molecule has 0 aliphatic carbocycles. The third-order valence-corrected chi connectivity index (χ3v) is 3.51. The maximum absolute atomic E-state index is 13.1. The largest absolute Gasteiger partial charge is 0.507 e. The lowest BCUT2D eigenvalue weighted by Crippen LogP contribution is -2.30. The molecule has 0 fully saturated rings. The van der Waals surface area contributed by atoms with Crippen LogP contribution in [0.3, 0.4) is 0 Å². The van der Waals surface area contributed by atoms with Crippen molar-refractivity contribution in [3.05, 3.63) is 59.7 Å². The minimum Gasteiger partial charge on any atom is -0.507 e. The van der Waals surface area contributed by atoms with E-state index in [1.54, 1.807) is 5.43 Å². The first-order valence-electron chi connectivity index (χ1n) is 7.61. The van der Waals surface area contributed by atoms with Crippen molar-refractivity contribution in [2.75, 3.05) is 7.11 Å². The Labute approximate surface area is 152 Å². The van der Waals surface area contributed by atoms with Gasteiger partial charge in [-0.1, -0.05) is 12.1 Å². The maximum Gasteiger partial charge on any atom is 0.431 e. The number of ether oxygens (including phenoxy) is 1. The van der Waals surface area contributed by atoms with Crippen LogP contribution in [0.15, 0.2) is 53.6 Å². The van der Waals surface area contributed by atoms with Crippen molar-refractivity contribution in [3.8, 4) is 11.5 Å². The number of nitrogens with one attached hydrogen (secondary N) is 1. The number of benzene rings is 2. The van der Waals surface area contributed by atoms with E-state index in [2.05, 4.69) is 5.10 Å². The van der Waals surface area contributed by atoms with Crippen molar-refractivity contribution < 1.29 is 32.6 Å². The number of carbonyl (C=O) groups excluding carboxylic acids is 2. The molecule has 0 aromatic heterocycles. The average molecular weight is 380 g/mol. The molecule has 0 saturated carbocycles. The molecule has 0 aliphatic rings. The van der Waals surface area contributed by atoms with Crippen molar-refractivity contribution in [1.29, 1.82) is 0 Å². The normalized spacial score (nSPS) is 11.8. The molecule has 142 valence electrons. The van der Waals surface area contributed by atoms with Gasteiger partial charge in [0.2, 0.25) is 0 Å². The minimum atomic E-state index is -4.92. The van der Waals surface area contributed by atoms with Gasteiger partial charge < -0.3 is 9.84 Å². The number of hydrogen-bond acceptors (Lipinski definition) is 5. The van der Waals surface area contributed by atoms with Gasteiger partial charge in [-0.15, -0.1) is 0 Å². The molecule has 0 heterocycles. The molecule has 0 unspecified atom stereocenters. The Hall–Kier alpha value is -3.36. The van der Waals surface area contributed by atoms with E-state index in [0.29, 0.717) is 5.75 Å². The van der Waals surface area contributed by atoms with Gasteiger partial charge in [-0.25, -0.2) is 5.43 Å². The second-order valence-corrected chi connectivity index (χ2v) is 5.34. The average Bonchev–Trinajstić information content (AvgIpc) is 2.64. The fraction of sp³-hybridized carbons (Fsp3) is 0.167.